The smallest absolute Gasteiger partial charge is 0.404 e. The van der Waals surface area contributed by atoms with Crippen molar-refractivity contribution in [1.82, 2.24) is 0 Å². The lowest BCUT2D eigenvalue weighted by Gasteiger charge is -2.18. The normalized spacial score (nSPS) is 11.6. The van der Waals surface area contributed by atoms with Crippen molar-refractivity contribution in [3.63, 3.8) is 0 Å². The molecule has 0 saturated carbocycles. The molecule has 19 heavy (non-hydrogen) atoms. The number of hydrogen-bond donors (Lipinski definition) is 0. The van der Waals surface area contributed by atoms with E-state index in [9.17, 15) is 8.96 Å². The molecule has 0 aromatic heterocycles. The Hall–Kier alpha value is -0.900. The van der Waals surface area contributed by atoms with E-state index < -0.39 is 7.82 Å². The van der Waals surface area contributed by atoms with E-state index in [-0.39, 0.29) is 24.8 Å². The second-order valence-corrected chi connectivity index (χ2v) is 5.71. The van der Waals surface area contributed by atoms with Crippen LogP contribution in [0, 0.1) is 12.7 Å². The van der Waals surface area contributed by atoms with E-state index in [1.165, 1.54) is 18.2 Å². The van der Waals surface area contributed by atoms with Crippen LogP contribution in [-0.4, -0.2) is 13.2 Å². The molecule has 0 fully saturated rings. The van der Waals surface area contributed by atoms with Gasteiger partial charge >= 0.3 is 7.82 Å². The minimum Gasteiger partial charge on any atom is -0.404 e. The summed E-state index contributed by atoms with van der Waals surface area (Å²) in [5.74, 6) is -0.0689. The van der Waals surface area contributed by atoms with Crippen LogP contribution in [0.5, 0.6) is 5.75 Å². The Balaban J connectivity index is 2.80. The van der Waals surface area contributed by atoms with Crippen LogP contribution < -0.4 is 4.52 Å². The lowest BCUT2D eigenvalue weighted by Crippen LogP contribution is -2.04. The van der Waals surface area contributed by atoms with Gasteiger partial charge in [-0.2, -0.15) is 0 Å². The number of aryl methyl sites for hydroxylation is 1. The van der Waals surface area contributed by atoms with Crippen LogP contribution in [0.15, 0.2) is 18.2 Å². The number of phosphoric acid groups is 1. The maximum Gasteiger partial charge on any atom is 0.530 e. The summed E-state index contributed by atoms with van der Waals surface area (Å²) >= 11 is 0. The maximum absolute atomic E-state index is 13.1. The van der Waals surface area contributed by atoms with Gasteiger partial charge in [-0.1, -0.05) is 13.8 Å². The van der Waals surface area contributed by atoms with Gasteiger partial charge in [-0.3, -0.25) is 9.05 Å². The molecule has 0 unspecified atom stereocenters. The van der Waals surface area contributed by atoms with Gasteiger partial charge in [0.2, 0.25) is 0 Å². The van der Waals surface area contributed by atoms with Crippen LogP contribution in [0.25, 0.3) is 0 Å². The van der Waals surface area contributed by atoms with Crippen LogP contribution >= 0.6 is 7.82 Å². The zero-order chi connectivity index (χ0) is 14.3. The molecule has 0 amide bonds. The molecule has 0 aliphatic rings. The number of hydrogen-bond acceptors (Lipinski definition) is 4. The highest BCUT2D eigenvalue weighted by molar-refractivity contribution is 7.48. The minimum atomic E-state index is -3.63. The summed E-state index contributed by atoms with van der Waals surface area (Å²) < 4.78 is 41.1. The largest absolute Gasteiger partial charge is 0.530 e. The minimum absolute atomic E-state index is 0.273. The number of halogens is 1. The van der Waals surface area contributed by atoms with Gasteiger partial charge in [0, 0.05) is 0 Å². The van der Waals surface area contributed by atoms with Gasteiger partial charge in [0.15, 0.2) is 0 Å². The van der Waals surface area contributed by atoms with Gasteiger partial charge in [-0.25, -0.2) is 8.96 Å². The van der Waals surface area contributed by atoms with E-state index >= 15 is 0 Å². The van der Waals surface area contributed by atoms with Crippen LogP contribution in [0.1, 0.15) is 32.3 Å². The predicted molar refractivity (Wildman–Crippen MR) is 71.9 cm³/mol. The second kappa shape index (κ2) is 7.63. The highest BCUT2D eigenvalue weighted by atomic mass is 31.2. The molecular formula is C13H20FO4P. The monoisotopic (exact) mass is 290 g/mol. The lowest BCUT2D eigenvalue weighted by atomic mass is 10.2. The molecule has 0 N–H and O–H groups in total. The highest BCUT2D eigenvalue weighted by Gasteiger charge is 2.28. The Morgan fingerprint density at radius 3 is 2.21 bits per heavy atom. The van der Waals surface area contributed by atoms with Crippen molar-refractivity contribution in [3.05, 3.63) is 29.6 Å². The molecule has 1 aromatic rings. The lowest BCUT2D eigenvalue weighted by molar-refractivity contribution is 0.155. The number of phosphoric ester groups is 1. The standard InChI is InChI=1S/C13H20FO4P/c1-4-8-16-19(15,17-9-5-2)18-12-6-7-13(14)11(3)10-12/h6-7,10H,4-5,8-9H2,1-3H3. The first-order valence-corrected chi connectivity index (χ1v) is 7.81. The van der Waals surface area contributed by atoms with Crippen LogP contribution in [-0.2, 0) is 13.6 Å². The first-order chi connectivity index (χ1) is 9.00. The number of benzene rings is 1. The average Bonchev–Trinajstić information content (AvgIpc) is 2.39. The van der Waals surface area contributed by atoms with Crippen LogP contribution in [0.3, 0.4) is 0 Å². The Kier molecular flexibility index (Phi) is 6.49. The molecule has 0 aliphatic heterocycles. The summed E-state index contributed by atoms with van der Waals surface area (Å²) in [4.78, 5) is 0. The van der Waals surface area contributed by atoms with E-state index in [4.69, 9.17) is 13.6 Å². The van der Waals surface area contributed by atoms with Gasteiger partial charge in [0.1, 0.15) is 11.6 Å². The van der Waals surface area contributed by atoms with E-state index in [0.717, 1.165) is 0 Å². The predicted octanol–water partition coefficient (Wildman–Crippen LogP) is 4.47. The summed E-state index contributed by atoms with van der Waals surface area (Å²) in [6.07, 6.45) is 1.40. The van der Waals surface area contributed by atoms with Gasteiger partial charge in [0.25, 0.3) is 0 Å². The van der Waals surface area contributed by atoms with Crippen molar-refractivity contribution < 1.29 is 22.5 Å². The quantitative estimate of drug-likeness (QED) is 0.662. The summed E-state index contributed by atoms with van der Waals surface area (Å²) in [7, 11) is -3.63. The zero-order valence-corrected chi connectivity index (χ0v) is 12.4. The molecule has 6 heteroatoms. The summed E-state index contributed by atoms with van der Waals surface area (Å²) in [6, 6.07) is 4.13. The van der Waals surface area contributed by atoms with E-state index in [1.54, 1.807) is 6.92 Å². The molecule has 4 nitrogen and oxygen atoms in total. The maximum atomic E-state index is 13.1. The molecule has 108 valence electrons. The Morgan fingerprint density at radius 1 is 1.16 bits per heavy atom. The molecular weight excluding hydrogens is 270 g/mol. The molecule has 0 heterocycles. The third-order valence-electron chi connectivity index (χ3n) is 2.25. The van der Waals surface area contributed by atoms with Crippen molar-refractivity contribution in [2.45, 2.75) is 33.6 Å². The zero-order valence-electron chi connectivity index (χ0n) is 11.5. The molecule has 0 bridgehead atoms. The highest BCUT2D eigenvalue weighted by Crippen LogP contribution is 2.49. The van der Waals surface area contributed by atoms with Crippen molar-refractivity contribution >= 4 is 7.82 Å². The first kappa shape index (κ1) is 16.2. The molecule has 1 aromatic carbocycles. The fraction of sp³-hybridized carbons (Fsp3) is 0.538. The van der Waals surface area contributed by atoms with Crippen molar-refractivity contribution in [2.24, 2.45) is 0 Å². The van der Waals surface area contributed by atoms with E-state index in [0.29, 0.717) is 18.4 Å². The van der Waals surface area contributed by atoms with Gasteiger partial charge in [-0.15, -0.1) is 0 Å². The Morgan fingerprint density at radius 2 is 1.74 bits per heavy atom. The fourth-order valence-electron chi connectivity index (χ4n) is 1.30. The van der Waals surface area contributed by atoms with Gasteiger partial charge in [0.05, 0.1) is 13.2 Å². The van der Waals surface area contributed by atoms with E-state index in [2.05, 4.69) is 0 Å². The Bertz CT molecular complexity index is 438. The molecule has 1 rings (SSSR count). The molecule has 0 aliphatic carbocycles. The van der Waals surface area contributed by atoms with Crippen LogP contribution in [0.4, 0.5) is 4.39 Å². The van der Waals surface area contributed by atoms with Crippen molar-refractivity contribution in [2.75, 3.05) is 13.2 Å². The van der Waals surface area contributed by atoms with Gasteiger partial charge in [-0.05, 0) is 43.5 Å². The topological polar surface area (TPSA) is 44.8 Å². The molecule has 0 saturated heterocycles. The first-order valence-electron chi connectivity index (χ1n) is 6.35. The number of rotatable bonds is 8. The van der Waals surface area contributed by atoms with Gasteiger partial charge < -0.3 is 4.52 Å². The van der Waals surface area contributed by atoms with Crippen molar-refractivity contribution in [3.8, 4) is 5.75 Å². The fourth-order valence-corrected chi connectivity index (χ4v) is 2.66. The third-order valence-corrected chi connectivity index (χ3v) is 3.69. The Labute approximate surface area is 113 Å². The summed E-state index contributed by atoms with van der Waals surface area (Å²) in [6.45, 7) is 5.95. The third kappa shape index (κ3) is 5.31. The molecule has 0 radical (unpaired) electrons. The summed E-state index contributed by atoms with van der Waals surface area (Å²) in [5, 5.41) is 0. The second-order valence-electron chi connectivity index (χ2n) is 4.12. The van der Waals surface area contributed by atoms with Crippen LogP contribution in [0.2, 0.25) is 0 Å². The average molecular weight is 290 g/mol. The van der Waals surface area contributed by atoms with Crippen molar-refractivity contribution in [1.29, 1.82) is 0 Å². The van der Waals surface area contributed by atoms with E-state index in [1.807, 2.05) is 13.8 Å². The SMILES string of the molecule is CCCOP(=O)(OCCC)Oc1ccc(F)c(C)c1. The molecule has 0 atom stereocenters. The summed E-state index contributed by atoms with van der Waals surface area (Å²) in [5.41, 5.74) is 0.412. The molecule has 0 spiro atoms.